The summed E-state index contributed by atoms with van der Waals surface area (Å²) in [7, 11) is -4.63. The topological polar surface area (TPSA) is 149 Å². The number of allylic oxidation sites excluding steroid dienone is 8. The zero-order valence-corrected chi connectivity index (χ0v) is 39.8. The van der Waals surface area contributed by atoms with Crippen LogP contribution in [-0.2, 0) is 32.7 Å². The number of ether oxygens (including phenoxy) is 2. The minimum atomic E-state index is -4.63. The lowest BCUT2D eigenvalue weighted by Gasteiger charge is -2.20. The Hall–Kier alpha value is -2.07. The molecule has 3 unspecified atom stereocenters. The van der Waals surface area contributed by atoms with E-state index in [9.17, 15) is 24.2 Å². The monoisotopic (exact) mass is 883 g/mol. The molecule has 0 radical (unpaired) electrons. The van der Waals surface area contributed by atoms with Gasteiger partial charge in [0.05, 0.1) is 19.8 Å². The SMILES string of the molecule is CC/C=C\C/C=C\C/C=C\CCCCCCCC(=O)OC(COC(=O)CCCCCCCCCCCCC/C=C\CCCCCCCCCC)COP(=O)(O)OCC(O)CO. The molecule has 0 rings (SSSR count). The van der Waals surface area contributed by atoms with Crippen LogP contribution in [0, 0.1) is 0 Å². The van der Waals surface area contributed by atoms with Crippen molar-refractivity contribution in [3.05, 3.63) is 48.6 Å². The van der Waals surface area contributed by atoms with Crippen molar-refractivity contribution in [3.8, 4) is 0 Å². The summed E-state index contributed by atoms with van der Waals surface area (Å²) in [5, 5.41) is 18.4. The summed E-state index contributed by atoms with van der Waals surface area (Å²) in [5.74, 6) is -0.942. The number of carbonyl (C=O) groups is 2. The molecule has 0 aromatic rings. The molecule has 0 fully saturated rings. The largest absolute Gasteiger partial charge is 0.472 e. The molecular weight excluding hydrogens is 792 g/mol. The summed E-state index contributed by atoms with van der Waals surface area (Å²) >= 11 is 0. The molecule has 3 N–H and O–H groups in total. The first-order chi connectivity index (χ1) is 29.7. The fourth-order valence-electron chi connectivity index (χ4n) is 6.71. The van der Waals surface area contributed by atoms with Crippen LogP contribution in [0.3, 0.4) is 0 Å². The second-order valence-corrected chi connectivity index (χ2v) is 17.9. The fraction of sp³-hybridized carbons (Fsp3) is 0.800. The van der Waals surface area contributed by atoms with Gasteiger partial charge in [-0.2, -0.15) is 0 Å². The minimum Gasteiger partial charge on any atom is -0.462 e. The Bertz CT molecular complexity index is 1150. The van der Waals surface area contributed by atoms with E-state index in [0.717, 1.165) is 70.6 Å². The average Bonchev–Trinajstić information content (AvgIpc) is 3.25. The molecule has 0 spiro atoms. The normalized spacial score (nSPS) is 14.1. The highest BCUT2D eigenvalue weighted by Gasteiger charge is 2.27. The van der Waals surface area contributed by atoms with Gasteiger partial charge in [0.25, 0.3) is 0 Å². The molecule has 3 atom stereocenters. The highest BCUT2D eigenvalue weighted by atomic mass is 31.2. The molecule has 61 heavy (non-hydrogen) atoms. The average molecular weight is 883 g/mol. The lowest BCUT2D eigenvalue weighted by molar-refractivity contribution is -0.161. The molecule has 0 bridgehead atoms. The third-order valence-electron chi connectivity index (χ3n) is 10.5. The minimum absolute atomic E-state index is 0.164. The first-order valence-corrected chi connectivity index (χ1v) is 26.1. The van der Waals surface area contributed by atoms with Crippen molar-refractivity contribution in [2.24, 2.45) is 0 Å². The maximum absolute atomic E-state index is 12.6. The number of carbonyl (C=O) groups excluding carboxylic acids is 2. The van der Waals surface area contributed by atoms with E-state index in [1.807, 2.05) is 0 Å². The number of aliphatic hydroxyl groups is 2. The van der Waals surface area contributed by atoms with Gasteiger partial charge in [-0.3, -0.25) is 18.6 Å². The van der Waals surface area contributed by atoms with E-state index in [1.54, 1.807) is 0 Å². The molecule has 356 valence electrons. The molecule has 0 heterocycles. The van der Waals surface area contributed by atoms with Crippen molar-refractivity contribution in [1.82, 2.24) is 0 Å². The van der Waals surface area contributed by atoms with Gasteiger partial charge in [-0.05, 0) is 70.6 Å². The zero-order valence-electron chi connectivity index (χ0n) is 38.9. The molecule has 0 aromatic carbocycles. The second-order valence-electron chi connectivity index (χ2n) is 16.5. The summed E-state index contributed by atoms with van der Waals surface area (Å²) in [6.45, 7) is 2.27. The zero-order chi connectivity index (χ0) is 44.8. The Kier molecular flexibility index (Phi) is 44.4. The van der Waals surface area contributed by atoms with Crippen LogP contribution in [-0.4, -0.2) is 65.7 Å². The lowest BCUT2D eigenvalue weighted by atomic mass is 10.0. The molecule has 11 heteroatoms. The predicted molar refractivity (Wildman–Crippen MR) is 251 cm³/mol. The van der Waals surface area contributed by atoms with Crippen LogP contribution in [0.5, 0.6) is 0 Å². The maximum atomic E-state index is 12.6. The lowest BCUT2D eigenvalue weighted by Crippen LogP contribution is -2.29. The van der Waals surface area contributed by atoms with Crippen molar-refractivity contribution < 1.29 is 47.8 Å². The Morgan fingerprint density at radius 1 is 0.508 bits per heavy atom. The van der Waals surface area contributed by atoms with E-state index in [0.29, 0.717) is 12.8 Å². The highest BCUT2D eigenvalue weighted by molar-refractivity contribution is 7.47. The molecule has 0 aliphatic carbocycles. The van der Waals surface area contributed by atoms with E-state index >= 15 is 0 Å². The van der Waals surface area contributed by atoms with Gasteiger partial charge in [-0.15, -0.1) is 0 Å². The van der Waals surface area contributed by atoms with Gasteiger partial charge >= 0.3 is 19.8 Å². The van der Waals surface area contributed by atoms with Gasteiger partial charge in [-0.1, -0.05) is 184 Å². The summed E-state index contributed by atoms with van der Waals surface area (Å²) < 4.78 is 32.8. The highest BCUT2D eigenvalue weighted by Crippen LogP contribution is 2.43. The fourth-order valence-corrected chi connectivity index (χ4v) is 7.50. The Labute approximate surface area is 373 Å². The molecule has 10 nitrogen and oxygen atoms in total. The number of hydrogen-bond donors (Lipinski definition) is 3. The Morgan fingerprint density at radius 2 is 0.902 bits per heavy atom. The van der Waals surface area contributed by atoms with E-state index in [2.05, 4.69) is 62.5 Å². The summed E-state index contributed by atoms with van der Waals surface area (Å²) in [4.78, 5) is 35.1. The maximum Gasteiger partial charge on any atom is 0.472 e. The number of esters is 2. The van der Waals surface area contributed by atoms with Crippen LogP contribution < -0.4 is 0 Å². The van der Waals surface area contributed by atoms with E-state index in [-0.39, 0.29) is 19.4 Å². The Morgan fingerprint density at radius 3 is 1.38 bits per heavy atom. The molecule has 0 saturated heterocycles. The van der Waals surface area contributed by atoms with Gasteiger partial charge in [0.15, 0.2) is 6.10 Å². The van der Waals surface area contributed by atoms with Gasteiger partial charge < -0.3 is 24.6 Å². The number of aliphatic hydroxyl groups excluding tert-OH is 2. The first-order valence-electron chi connectivity index (χ1n) is 24.6. The number of hydrogen-bond acceptors (Lipinski definition) is 9. The third-order valence-corrected chi connectivity index (χ3v) is 11.4. The molecule has 0 aromatic heterocycles. The summed E-state index contributed by atoms with van der Waals surface area (Å²) in [5.41, 5.74) is 0. The van der Waals surface area contributed by atoms with Crippen molar-refractivity contribution in [3.63, 3.8) is 0 Å². The number of unbranched alkanes of at least 4 members (excludes halogenated alkanes) is 24. The van der Waals surface area contributed by atoms with Gasteiger partial charge in [-0.25, -0.2) is 4.57 Å². The quantitative estimate of drug-likeness (QED) is 0.0233. The Balaban J connectivity index is 4.17. The summed E-state index contributed by atoms with van der Waals surface area (Å²) in [6, 6.07) is 0. The number of rotatable bonds is 46. The van der Waals surface area contributed by atoms with Gasteiger partial charge in [0.2, 0.25) is 0 Å². The van der Waals surface area contributed by atoms with E-state index in [1.165, 1.54) is 109 Å². The second kappa shape index (κ2) is 45.9. The van der Waals surface area contributed by atoms with Crippen LogP contribution in [0.1, 0.15) is 219 Å². The van der Waals surface area contributed by atoms with Crippen LogP contribution in [0.25, 0.3) is 0 Å². The number of phosphoric ester groups is 1. The van der Waals surface area contributed by atoms with Crippen molar-refractivity contribution in [2.75, 3.05) is 26.4 Å². The van der Waals surface area contributed by atoms with E-state index in [4.69, 9.17) is 23.6 Å². The van der Waals surface area contributed by atoms with E-state index < -0.39 is 51.8 Å². The molecule has 0 saturated carbocycles. The van der Waals surface area contributed by atoms with Crippen molar-refractivity contribution in [1.29, 1.82) is 0 Å². The van der Waals surface area contributed by atoms with Gasteiger partial charge in [0, 0.05) is 12.8 Å². The predicted octanol–water partition coefficient (Wildman–Crippen LogP) is 13.7. The van der Waals surface area contributed by atoms with Crippen LogP contribution >= 0.6 is 7.82 Å². The molecule has 0 aliphatic rings. The van der Waals surface area contributed by atoms with Crippen LogP contribution in [0.15, 0.2) is 48.6 Å². The third kappa shape index (κ3) is 45.8. The van der Waals surface area contributed by atoms with Crippen LogP contribution in [0.4, 0.5) is 0 Å². The smallest absolute Gasteiger partial charge is 0.462 e. The van der Waals surface area contributed by atoms with Gasteiger partial charge in [0.1, 0.15) is 12.7 Å². The molecule has 0 amide bonds. The van der Waals surface area contributed by atoms with Crippen LogP contribution in [0.2, 0.25) is 0 Å². The molecule has 0 aliphatic heterocycles. The molecular formula is C50H91O10P. The summed E-state index contributed by atoms with van der Waals surface area (Å²) in [6.07, 6.45) is 50.8. The number of phosphoric acid groups is 1. The first kappa shape index (κ1) is 58.9. The standard InChI is InChI=1S/C50H91O10P/c1-3-5-7-9-11-13-15-17-19-20-21-22-23-24-25-26-28-29-31-33-35-37-39-41-49(53)57-45-48(46-59-61(55,56)58-44-47(52)43-51)60-50(54)42-40-38-36-34-32-30-27-18-16-14-12-10-8-6-4-2/h6,8,12,14,18,20-21,27,47-48,51-52H,3-5,7,9-11,13,15-17,19,22-26,28-46H2,1-2H3,(H,55,56)/b8-6-,14-12-,21-20-,27-18-. The van der Waals surface area contributed by atoms with Crippen molar-refractivity contribution in [2.45, 2.75) is 232 Å². The van der Waals surface area contributed by atoms with Crippen molar-refractivity contribution >= 4 is 19.8 Å².